The molecule has 0 spiro atoms. The first-order chi connectivity index (χ1) is 12.5. The summed E-state index contributed by atoms with van der Waals surface area (Å²) in [5.74, 6) is 0.540. The third-order valence-corrected chi connectivity index (χ3v) is 4.60. The lowest BCUT2D eigenvalue weighted by Gasteiger charge is -2.14. The number of aromatic nitrogens is 2. The maximum atomic E-state index is 6.35. The van der Waals surface area contributed by atoms with E-state index in [0.717, 1.165) is 28.1 Å². The van der Waals surface area contributed by atoms with Gasteiger partial charge in [-0.05, 0) is 41.8 Å². The summed E-state index contributed by atoms with van der Waals surface area (Å²) in [6.45, 7) is 2.62. The second kappa shape index (κ2) is 10.6. The van der Waals surface area contributed by atoms with E-state index in [0.29, 0.717) is 28.8 Å². The van der Waals surface area contributed by atoms with Crippen LogP contribution in [0.3, 0.4) is 0 Å². The van der Waals surface area contributed by atoms with E-state index in [1.54, 1.807) is 0 Å². The molecule has 3 rings (SSSR count). The van der Waals surface area contributed by atoms with E-state index < -0.39 is 0 Å². The van der Waals surface area contributed by atoms with Gasteiger partial charge in [-0.2, -0.15) is 4.98 Å². The molecule has 0 saturated carbocycles. The van der Waals surface area contributed by atoms with E-state index >= 15 is 0 Å². The van der Waals surface area contributed by atoms with E-state index in [1.807, 2.05) is 49.4 Å². The van der Waals surface area contributed by atoms with Crippen molar-refractivity contribution in [2.75, 3.05) is 16.8 Å². The highest BCUT2D eigenvalue weighted by Crippen LogP contribution is 2.33. The smallest absolute Gasteiger partial charge is 0.222 e. The molecule has 2 aromatic carbocycles. The van der Waals surface area contributed by atoms with Crippen molar-refractivity contribution in [3.05, 3.63) is 63.8 Å². The molecule has 0 bridgehead atoms. The van der Waals surface area contributed by atoms with Crippen molar-refractivity contribution in [1.82, 2.24) is 9.97 Å². The van der Waals surface area contributed by atoms with Crippen molar-refractivity contribution in [3.63, 3.8) is 0 Å². The molecule has 0 fully saturated rings. The van der Waals surface area contributed by atoms with Gasteiger partial charge < -0.3 is 16.8 Å². The average Bonchev–Trinajstić information content (AvgIpc) is 2.62. The summed E-state index contributed by atoms with van der Waals surface area (Å²) >= 11 is 12.3. The van der Waals surface area contributed by atoms with Crippen LogP contribution in [0.2, 0.25) is 10.0 Å². The number of hydrogen-bond acceptors (Lipinski definition) is 5. The third kappa shape index (κ3) is 5.55. The van der Waals surface area contributed by atoms with Crippen LogP contribution in [0.1, 0.15) is 18.2 Å². The van der Waals surface area contributed by atoms with Crippen molar-refractivity contribution < 1.29 is 0 Å². The third-order valence-electron chi connectivity index (χ3n) is 4.02. The van der Waals surface area contributed by atoms with Crippen LogP contribution in [-0.4, -0.2) is 9.97 Å². The molecule has 0 aliphatic carbocycles. The van der Waals surface area contributed by atoms with Gasteiger partial charge in [0.1, 0.15) is 5.82 Å². The molecule has 0 aliphatic rings. The number of nitrogens with one attached hydrogen (secondary N) is 1. The monoisotopic (exact) mass is 459 g/mol. The van der Waals surface area contributed by atoms with Crippen LogP contribution in [0.25, 0.3) is 11.1 Å². The summed E-state index contributed by atoms with van der Waals surface area (Å²) < 4.78 is 0. The summed E-state index contributed by atoms with van der Waals surface area (Å²) in [7, 11) is 0. The van der Waals surface area contributed by atoms with Crippen LogP contribution in [0.4, 0.5) is 17.5 Å². The molecular formula is C19H21Cl4N5. The molecule has 0 aliphatic heterocycles. The highest BCUT2D eigenvalue weighted by Gasteiger charge is 2.14. The minimum Gasteiger partial charge on any atom is -0.383 e. The lowest BCUT2D eigenvalue weighted by Crippen LogP contribution is -2.06. The summed E-state index contributed by atoms with van der Waals surface area (Å²) in [4.78, 5) is 8.39. The average molecular weight is 461 g/mol. The molecule has 1 heterocycles. The Hall–Kier alpha value is -1.92. The Morgan fingerprint density at radius 2 is 1.64 bits per heavy atom. The van der Waals surface area contributed by atoms with Crippen molar-refractivity contribution in [2.24, 2.45) is 0 Å². The van der Waals surface area contributed by atoms with E-state index in [4.69, 9.17) is 34.7 Å². The minimum atomic E-state index is 0. The molecule has 0 radical (unpaired) electrons. The first-order valence-electron chi connectivity index (χ1n) is 8.18. The number of benzene rings is 2. The lowest BCUT2D eigenvalue weighted by molar-refractivity contribution is 1.02. The largest absolute Gasteiger partial charge is 0.383 e. The number of nitrogens with two attached hydrogens (primary N) is 2. The van der Waals surface area contributed by atoms with Gasteiger partial charge in [0.05, 0.1) is 16.4 Å². The summed E-state index contributed by atoms with van der Waals surface area (Å²) in [6, 6.07) is 13.3. The van der Waals surface area contributed by atoms with Crippen molar-refractivity contribution in [3.8, 4) is 11.1 Å². The first kappa shape index (κ1) is 24.1. The molecule has 5 nitrogen and oxygen atoms in total. The molecule has 28 heavy (non-hydrogen) atoms. The van der Waals surface area contributed by atoms with Gasteiger partial charge in [0.2, 0.25) is 5.95 Å². The van der Waals surface area contributed by atoms with Gasteiger partial charge in [-0.25, -0.2) is 4.98 Å². The summed E-state index contributed by atoms with van der Waals surface area (Å²) in [5.41, 5.74) is 16.2. The normalized spacial score (nSPS) is 9.96. The number of aryl methyl sites for hydroxylation is 1. The second-order valence-corrected chi connectivity index (χ2v) is 6.66. The Labute approximate surface area is 186 Å². The zero-order valence-electron chi connectivity index (χ0n) is 15.1. The van der Waals surface area contributed by atoms with E-state index in [-0.39, 0.29) is 30.8 Å². The molecule has 0 saturated heterocycles. The standard InChI is InChI=1S/C19H19Cl2N5.2ClH/c1-2-15-17(18(22)26-19(23)25-15)12-5-8-14(21)16(9-12)24-10-11-3-6-13(20)7-4-11;;/h3-9,24H,2,10H2,1H3,(H4,22,23,25,26);2*1H. The van der Waals surface area contributed by atoms with Crippen LogP contribution in [-0.2, 0) is 13.0 Å². The molecule has 0 amide bonds. The first-order valence-corrected chi connectivity index (χ1v) is 8.93. The fraction of sp³-hybridized carbons (Fsp3) is 0.158. The molecular weight excluding hydrogens is 440 g/mol. The van der Waals surface area contributed by atoms with Crippen LogP contribution >= 0.6 is 48.0 Å². The maximum absolute atomic E-state index is 6.35. The number of halogens is 4. The highest BCUT2D eigenvalue weighted by molar-refractivity contribution is 6.33. The molecule has 0 unspecified atom stereocenters. The Morgan fingerprint density at radius 3 is 2.29 bits per heavy atom. The molecule has 1 aromatic heterocycles. The van der Waals surface area contributed by atoms with Crippen molar-refractivity contribution in [1.29, 1.82) is 0 Å². The predicted molar refractivity (Wildman–Crippen MR) is 124 cm³/mol. The predicted octanol–water partition coefficient (Wildman–Crippen LogP) is 5.63. The topological polar surface area (TPSA) is 89.8 Å². The van der Waals surface area contributed by atoms with Gasteiger partial charge in [-0.15, -0.1) is 24.8 Å². The lowest BCUT2D eigenvalue weighted by atomic mass is 10.0. The SMILES string of the molecule is CCc1nc(N)nc(N)c1-c1ccc(Cl)c(NCc2ccc(Cl)cc2)c1.Cl.Cl. The number of anilines is 3. The fourth-order valence-electron chi connectivity index (χ4n) is 2.73. The van der Waals surface area contributed by atoms with Crippen molar-refractivity contribution >= 4 is 65.5 Å². The highest BCUT2D eigenvalue weighted by atomic mass is 35.5. The van der Waals surface area contributed by atoms with Crippen LogP contribution in [0.15, 0.2) is 42.5 Å². The Bertz CT molecular complexity index is 932. The molecule has 0 atom stereocenters. The van der Waals surface area contributed by atoms with Crippen molar-refractivity contribution in [2.45, 2.75) is 19.9 Å². The maximum Gasteiger partial charge on any atom is 0.222 e. The number of hydrogen-bond donors (Lipinski definition) is 3. The minimum absolute atomic E-state index is 0. The number of nitrogens with zero attached hydrogens (tertiary/aromatic N) is 2. The number of nitrogen functional groups attached to an aromatic ring is 2. The zero-order chi connectivity index (χ0) is 18.7. The van der Waals surface area contributed by atoms with E-state index in [1.165, 1.54) is 0 Å². The Balaban J connectivity index is 0.00000196. The fourth-order valence-corrected chi connectivity index (χ4v) is 3.04. The van der Waals surface area contributed by atoms with Gasteiger partial charge in [-0.1, -0.05) is 48.3 Å². The molecule has 3 aromatic rings. The van der Waals surface area contributed by atoms with E-state index in [9.17, 15) is 0 Å². The van der Waals surface area contributed by atoms with Crippen LogP contribution in [0.5, 0.6) is 0 Å². The summed E-state index contributed by atoms with van der Waals surface area (Å²) in [5, 5.41) is 4.67. The van der Waals surface area contributed by atoms with Gasteiger partial charge in [0.15, 0.2) is 0 Å². The van der Waals surface area contributed by atoms with Crippen LogP contribution < -0.4 is 16.8 Å². The van der Waals surface area contributed by atoms with Gasteiger partial charge in [0.25, 0.3) is 0 Å². The van der Waals surface area contributed by atoms with E-state index in [2.05, 4.69) is 15.3 Å². The molecule has 150 valence electrons. The van der Waals surface area contributed by atoms with Crippen LogP contribution in [0, 0.1) is 0 Å². The van der Waals surface area contributed by atoms with Gasteiger partial charge >= 0.3 is 0 Å². The molecule has 5 N–H and O–H groups in total. The zero-order valence-corrected chi connectivity index (χ0v) is 18.2. The Kier molecular flexibility index (Phi) is 9.11. The Morgan fingerprint density at radius 1 is 0.964 bits per heavy atom. The van der Waals surface area contributed by atoms with Gasteiger partial charge in [0, 0.05) is 17.1 Å². The van der Waals surface area contributed by atoms with Gasteiger partial charge in [-0.3, -0.25) is 0 Å². The summed E-state index contributed by atoms with van der Waals surface area (Å²) in [6.07, 6.45) is 0.697. The quantitative estimate of drug-likeness (QED) is 0.458. The second-order valence-electron chi connectivity index (χ2n) is 5.82. The number of rotatable bonds is 5. The molecule has 9 heteroatoms.